The van der Waals surface area contributed by atoms with Crippen LogP contribution in [0.1, 0.15) is 45.4 Å². The number of hydrogen-bond donors (Lipinski definition) is 1. The first-order chi connectivity index (χ1) is 10.1. The second-order valence-corrected chi connectivity index (χ2v) is 5.38. The molecule has 0 spiro atoms. The molecule has 116 valence electrons. The van der Waals surface area contributed by atoms with Gasteiger partial charge in [-0.25, -0.2) is 10.2 Å². The number of hydrogen-bond acceptors (Lipinski definition) is 5. The third-order valence-corrected chi connectivity index (χ3v) is 3.69. The van der Waals surface area contributed by atoms with E-state index in [2.05, 4.69) is 10.5 Å². The van der Waals surface area contributed by atoms with E-state index >= 15 is 0 Å². The van der Waals surface area contributed by atoms with Crippen LogP contribution >= 0.6 is 0 Å². The van der Waals surface area contributed by atoms with Crippen LogP contribution in [0.25, 0.3) is 0 Å². The van der Waals surface area contributed by atoms with Gasteiger partial charge in [-0.1, -0.05) is 12.8 Å². The zero-order chi connectivity index (χ0) is 15.2. The van der Waals surface area contributed by atoms with E-state index in [9.17, 15) is 14.4 Å². The van der Waals surface area contributed by atoms with Gasteiger partial charge in [0.1, 0.15) is 5.71 Å². The quantitative estimate of drug-likeness (QED) is 0.772. The zero-order valence-electron chi connectivity index (χ0n) is 12.3. The molecule has 1 N–H and O–H groups in total. The van der Waals surface area contributed by atoms with Crippen molar-refractivity contribution in [1.29, 1.82) is 0 Å². The molecule has 0 aromatic carbocycles. The summed E-state index contributed by atoms with van der Waals surface area (Å²) in [5.74, 6) is -1.02. The van der Waals surface area contributed by atoms with Crippen LogP contribution in [0.15, 0.2) is 5.10 Å². The van der Waals surface area contributed by atoms with E-state index in [0.29, 0.717) is 0 Å². The molecule has 2 heterocycles. The summed E-state index contributed by atoms with van der Waals surface area (Å²) in [6.45, 7) is 3.02. The Balaban J connectivity index is 1.87. The molecule has 21 heavy (non-hydrogen) atoms. The third-order valence-electron chi connectivity index (χ3n) is 3.69. The van der Waals surface area contributed by atoms with Gasteiger partial charge in [0.2, 0.25) is 5.91 Å². The Morgan fingerprint density at radius 1 is 1.19 bits per heavy atom. The van der Waals surface area contributed by atoms with E-state index in [4.69, 9.17) is 4.74 Å². The van der Waals surface area contributed by atoms with Gasteiger partial charge in [0.25, 0.3) is 5.91 Å². The largest absolute Gasteiger partial charge is 0.448 e. The molecule has 7 heteroatoms. The Kier molecular flexibility index (Phi) is 5.30. The van der Waals surface area contributed by atoms with Crippen LogP contribution in [0.3, 0.4) is 0 Å². The van der Waals surface area contributed by atoms with Gasteiger partial charge in [0.05, 0.1) is 0 Å². The van der Waals surface area contributed by atoms with Crippen LogP contribution in [-0.4, -0.2) is 47.6 Å². The van der Waals surface area contributed by atoms with Gasteiger partial charge < -0.3 is 9.64 Å². The van der Waals surface area contributed by atoms with E-state index in [1.54, 1.807) is 11.8 Å². The molecule has 2 aliphatic heterocycles. The number of esters is 1. The summed E-state index contributed by atoms with van der Waals surface area (Å²) in [6, 6.07) is 0. The molecular weight excluding hydrogens is 274 g/mol. The molecule has 2 rings (SSSR count). The van der Waals surface area contributed by atoms with E-state index < -0.39 is 12.1 Å². The Labute approximate surface area is 123 Å². The number of ether oxygens (including phenoxy) is 1. The van der Waals surface area contributed by atoms with E-state index in [1.807, 2.05) is 0 Å². The summed E-state index contributed by atoms with van der Waals surface area (Å²) in [5.41, 5.74) is 2.40. The van der Waals surface area contributed by atoms with Gasteiger partial charge in [-0.15, -0.1) is 0 Å². The second kappa shape index (κ2) is 7.19. The molecule has 0 aliphatic carbocycles. The van der Waals surface area contributed by atoms with Crippen molar-refractivity contribution in [3.63, 3.8) is 0 Å². The normalized spacial score (nSPS) is 20.9. The predicted octanol–water partition coefficient (Wildman–Crippen LogP) is 0.587. The van der Waals surface area contributed by atoms with Gasteiger partial charge >= 0.3 is 5.97 Å². The lowest BCUT2D eigenvalue weighted by atomic mass is 10.2. The molecule has 2 amide bonds. The molecule has 0 bridgehead atoms. The first-order valence-corrected chi connectivity index (χ1v) is 7.43. The van der Waals surface area contributed by atoms with Crippen molar-refractivity contribution < 1.29 is 19.1 Å². The van der Waals surface area contributed by atoms with Crippen molar-refractivity contribution in [1.82, 2.24) is 10.3 Å². The van der Waals surface area contributed by atoms with Crippen molar-refractivity contribution in [2.75, 3.05) is 13.1 Å². The minimum absolute atomic E-state index is 0.158. The number of amides is 2. The maximum absolute atomic E-state index is 12.3. The molecule has 7 nitrogen and oxygen atoms in total. The first kappa shape index (κ1) is 15.5. The summed E-state index contributed by atoms with van der Waals surface area (Å²) < 4.78 is 5.17. The Bertz CT molecular complexity index is 453. The summed E-state index contributed by atoms with van der Waals surface area (Å²) in [4.78, 5) is 36.9. The highest BCUT2D eigenvalue weighted by Gasteiger charge is 2.27. The lowest BCUT2D eigenvalue weighted by Gasteiger charge is -2.24. The minimum atomic E-state index is -0.823. The molecule has 0 aromatic heterocycles. The molecular formula is C14H21N3O4. The Morgan fingerprint density at radius 3 is 2.43 bits per heavy atom. The number of rotatable bonds is 3. The lowest BCUT2D eigenvalue weighted by molar-refractivity contribution is -0.154. The molecule has 0 saturated carbocycles. The van der Waals surface area contributed by atoms with Gasteiger partial charge in [-0.05, 0) is 19.8 Å². The maximum Gasteiger partial charge on any atom is 0.355 e. The molecule has 0 unspecified atom stereocenters. The van der Waals surface area contributed by atoms with Crippen LogP contribution < -0.4 is 5.43 Å². The van der Waals surface area contributed by atoms with Crippen LogP contribution in [0.4, 0.5) is 0 Å². The molecule has 2 aliphatic rings. The van der Waals surface area contributed by atoms with Crippen LogP contribution in [0.5, 0.6) is 0 Å². The number of nitrogens with one attached hydrogen (secondary N) is 1. The fourth-order valence-corrected chi connectivity index (χ4v) is 2.45. The number of carbonyl (C=O) groups is 3. The Morgan fingerprint density at radius 2 is 1.86 bits per heavy atom. The minimum Gasteiger partial charge on any atom is -0.448 e. The van der Waals surface area contributed by atoms with Crippen molar-refractivity contribution in [2.24, 2.45) is 5.10 Å². The van der Waals surface area contributed by atoms with E-state index in [0.717, 1.165) is 38.8 Å². The van der Waals surface area contributed by atoms with E-state index in [-0.39, 0.29) is 30.4 Å². The van der Waals surface area contributed by atoms with Gasteiger partial charge in [0, 0.05) is 25.9 Å². The van der Waals surface area contributed by atoms with Gasteiger partial charge in [0.15, 0.2) is 6.10 Å². The predicted molar refractivity (Wildman–Crippen MR) is 75.4 cm³/mol. The fraction of sp³-hybridized carbons (Fsp3) is 0.714. The first-order valence-electron chi connectivity index (χ1n) is 7.43. The monoisotopic (exact) mass is 295 g/mol. The Hall–Kier alpha value is -1.92. The number of carbonyl (C=O) groups excluding carboxylic acids is 3. The van der Waals surface area contributed by atoms with Crippen molar-refractivity contribution >= 4 is 23.5 Å². The number of likely N-dealkylation sites (tertiary alicyclic amines) is 1. The summed E-state index contributed by atoms with van der Waals surface area (Å²) in [7, 11) is 0. The molecule has 0 aromatic rings. The van der Waals surface area contributed by atoms with Gasteiger partial charge in [-0.3, -0.25) is 9.59 Å². The number of nitrogens with zero attached hydrogens (tertiary/aromatic N) is 2. The van der Waals surface area contributed by atoms with Gasteiger partial charge in [-0.2, -0.15) is 5.10 Å². The highest BCUT2D eigenvalue weighted by atomic mass is 16.5. The molecule has 1 atom stereocenters. The summed E-state index contributed by atoms with van der Waals surface area (Å²) in [6.07, 6.45) is 3.88. The fourth-order valence-electron chi connectivity index (χ4n) is 2.45. The SMILES string of the molecule is C[C@H](OC(=O)C1=NNC(=O)CC1)C(=O)N1CCCCCC1. The summed E-state index contributed by atoms with van der Waals surface area (Å²) in [5, 5.41) is 3.67. The smallest absolute Gasteiger partial charge is 0.355 e. The zero-order valence-corrected chi connectivity index (χ0v) is 12.3. The van der Waals surface area contributed by atoms with Crippen molar-refractivity contribution in [3.8, 4) is 0 Å². The topological polar surface area (TPSA) is 88.1 Å². The molecule has 1 fully saturated rings. The molecule has 1 saturated heterocycles. The van der Waals surface area contributed by atoms with Crippen LogP contribution in [0, 0.1) is 0 Å². The van der Waals surface area contributed by atoms with Crippen LogP contribution in [0.2, 0.25) is 0 Å². The molecule has 0 radical (unpaired) electrons. The van der Waals surface area contributed by atoms with Crippen molar-refractivity contribution in [2.45, 2.75) is 51.6 Å². The summed E-state index contributed by atoms with van der Waals surface area (Å²) >= 11 is 0. The van der Waals surface area contributed by atoms with E-state index in [1.165, 1.54) is 0 Å². The maximum atomic E-state index is 12.3. The number of hydrazone groups is 1. The lowest BCUT2D eigenvalue weighted by Crippen LogP contribution is -2.42. The average molecular weight is 295 g/mol. The highest BCUT2D eigenvalue weighted by molar-refractivity contribution is 6.37. The highest BCUT2D eigenvalue weighted by Crippen LogP contribution is 2.12. The van der Waals surface area contributed by atoms with Crippen molar-refractivity contribution in [3.05, 3.63) is 0 Å². The average Bonchev–Trinajstić information content (AvgIpc) is 2.76. The standard InChI is InChI=1S/C14H21N3O4/c1-10(13(19)17-8-4-2-3-5-9-17)21-14(20)11-6-7-12(18)16-15-11/h10H,2-9H2,1H3,(H,16,18)/t10-/m0/s1. The second-order valence-electron chi connectivity index (χ2n) is 5.38. The van der Waals surface area contributed by atoms with Crippen LogP contribution in [-0.2, 0) is 19.1 Å². The third kappa shape index (κ3) is 4.27.